The van der Waals surface area contributed by atoms with Gasteiger partial charge in [0.2, 0.25) is 0 Å². The second kappa shape index (κ2) is 5.38. The first-order chi connectivity index (χ1) is 4.72. The first-order valence-corrected chi connectivity index (χ1v) is 3.44. The first kappa shape index (κ1) is 9.59. The second-order valence-electron chi connectivity index (χ2n) is 2.38. The minimum atomic E-state index is 0.0462. The fourth-order valence-corrected chi connectivity index (χ4v) is 0.696. The molecule has 1 atom stereocenters. The van der Waals surface area contributed by atoms with Crippen molar-refractivity contribution in [2.24, 2.45) is 11.7 Å². The van der Waals surface area contributed by atoms with Crippen molar-refractivity contribution < 1.29 is 9.53 Å². The average Bonchev–Trinajstić information content (AvgIpc) is 1.89. The number of rotatable bonds is 5. The third kappa shape index (κ3) is 3.58. The molecule has 0 aliphatic carbocycles. The zero-order valence-corrected chi connectivity index (χ0v) is 6.59. The molecule has 0 bridgehead atoms. The van der Waals surface area contributed by atoms with E-state index in [0.29, 0.717) is 6.54 Å². The lowest BCUT2D eigenvalue weighted by atomic mass is 10.0. The minimum absolute atomic E-state index is 0.0462. The molecule has 3 heteroatoms. The van der Waals surface area contributed by atoms with Crippen LogP contribution in [0.15, 0.2) is 0 Å². The van der Waals surface area contributed by atoms with E-state index in [1.807, 2.05) is 6.92 Å². The summed E-state index contributed by atoms with van der Waals surface area (Å²) in [4.78, 5) is 11.0. The molecule has 0 amide bonds. The van der Waals surface area contributed by atoms with Gasteiger partial charge in [-0.2, -0.15) is 0 Å². The van der Waals surface area contributed by atoms with Crippen LogP contribution in [0.3, 0.4) is 0 Å². The van der Waals surface area contributed by atoms with E-state index in [0.717, 1.165) is 6.42 Å². The fourth-order valence-electron chi connectivity index (χ4n) is 0.696. The lowest BCUT2D eigenvalue weighted by Gasteiger charge is -2.06. The topological polar surface area (TPSA) is 52.3 Å². The monoisotopic (exact) mass is 145 g/mol. The molecule has 0 fully saturated rings. The van der Waals surface area contributed by atoms with Gasteiger partial charge >= 0.3 is 0 Å². The molecule has 0 aromatic heterocycles. The van der Waals surface area contributed by atoms with Crippen LogP contribution in [-0.2, 0) is 9.53 Å². The van der Waals surface area contributed by atoms with Gasteiger partial charge in [0, 0.05) is 13.0 Å². The lowest BCUT2D eigenvalue weighted by Crippen LogP contribution is -2.19. The largest absolute Gasteiger partial charge is 0.377 e. The zero-order valence-electron chi connectivity index (χ0n) is 6.59. The smallest absolute Gasteiger partial charge is 0.161 e. The highest BCUT2D eigenvalue weighted by Gasteiger charge is 2.10. The van der Waals surface area contributed by atoms with Crippen LogP contribution in [0, 0.1) is 5.92 Å². The maximum Gasteiger partial charge on any atom is 0.161 e. The predicted molar refractivity (Wildman–Crippen MR) is 39.7 cm³/mol. The number of nitrogens with two attached hydrogens (primary N) is 1. The Kier molecular flexibility index (Phi) is 5.16. The van der Waals surface area contributed by atoms with Crippen LogP contribution in [0.4, 0.5) is 0 Å². The van der Waals surface area contributed by atoms with Crippen molar-refractivity contribution in [2.75, 3.05) is 20.3 Å². The molecular weight excluding hydrogens is 130 g/mol. The molecule has 0 aliphatic heterocycles. The fraction of sp³-hybridized carbons (Fsp3) is 0.857. The number of methoxy groups -OCH3 is 1. The molecule has 0 aliphatic rings. The summed E-state index contributed by atoms with van der Waals surface area (Å²) in [5.74, 6) is 0.179. The van der Waals surface area contributed by atoms with Gasteiger partial charge in [-0.05, 0) is 13.0 Å². The summed E-state index contributed by atoms with van der Waals surface area (Å²) in [5, 5.41) is 0. The van der Waals surface area contributed by atoms with Crippen LogP contribution in [-0.4, -0.2) is 26.0 Å². The summed E-state index contributed by atoms with van der Waals surface area (Å²) < 4.78 is 4.68. The van der Waals surface area contributed by atoms with Gasteiger partial charge in [0.05, 0.1) is 0 Å². The lowest BCUT2D eigenvalue weighted by molar-refractivity contribution is -0.126. The van der Waals surface area contributed by atoms with Gasteiger partial charge in [0.15, 0.2) is 5.78 Å². The summed E-state index contributed by atoms with van der Waals surface area (Å²) in [6.07, 6.45) is 0.752. The van der Waals surface area contributed by atoms with Crippen molar-refractivity contribution in [3.63, 3.8) is 0 Å². The van der Waals surface area contributed by atoms with Crippen molar-refractivity contribution in [3.8, 4) is 0 Å². The Balaban J connectivity index is 3.49. The third-order valence-electron chi connectivity index (χ3n) is 1.44. The molecule has 1 unspecified atom stereocenters. The van der Waals surface area contributed by atoms with Gasteiger partial charge in [-0.1, -0.05) is 6.92 Å². The molecule has 0 aromatic carbocycles. The Morgan fingerprint density at radius 1 is 1.70 bits per heavy atom. The molecule has 0 saturated carbocycles. The number of carbonyl (C=O) groups is 1. The quantitative estimate of drug-likeness (QED) is 0.600. The standard InChI is InChI=1S/C7H15NO2/c1-6(3-4-8)7(9)5-10-2/h6H,3-5,8H2,1-2H3. The van der Waals surface area contributed by atoms with Crippen LogP contribution in [0.5, 0.6) is 0 Å². The molecule has 3 nitrogen and oxygen atoms in total. The molecule has 10 heavy (non-hydrogen) atoms. The molecular formula is C7H15NO2. The number of hydrogen-bond donors (Lipinski definition) is 1. The van der Waals surface area contributed by atoms with Crippen LogP contribution in [0.2, 0.25) is 0 Å². The summed E-state index contributed by atoms with van der Waals surface area (Å²) in [6, 6.07) is 0. The van der Waals surface area contributed by atoms with Crippen molar-refractivity contribution in [1.82, 2.24) is 0 Å². The van der Waals surface area contributed by atoms with E-state index in [2.05, 4.69) is 4.74 Å². The van der Waals surface area contributed by atoms with Crippen molar-refractivity contribution in [2.45, 2.75) is 13.3 Å². The van der Waals surface area contributed by atoms with E-state index in [9.17, 15) is 4.79 Å². The number of hydrogen-bond acceptors (Lipinski definition) is 3. The van der Waals surface area contributed by atoms with Gasteiger partial charge in [-0.15, -0.1) is 0 Å². The highest BCUT2D eigenvalue weighted by atomic mass is 16.5. The van der Waals surface area contributed by atoms with Gasteiger partial charge < -0.3 is 10.5 Å². The van der Waals surface area contributed by atoms with Crippen molar-refractivity contribution in [3.05, 3.63) is 0 Å². The number of ether oxygens (including phenoxy) is 1. The summed E-state index contributed by atoms with van der Waals surface area (Å²) >= 11 is 0. The molecule has 60 valence electrons. The third-order valence-corrected chi connectivity index (χ3v) is 1.44. The summed E-state index contributed by atoms with van der Waals surface area (Å²) in [5.41, 5.74) is 5.27. The molecule has 0 radical (unpaired) electrons. The van der Waals surface area contributed by atoms with Crippen LogP contribution in [0.25, 0.3) is 0 Å². The average molecular weight is 145 g/mol. The maximum absolute atomic E-state index is 11.0. The molecule has 0 spiro atoms. The summed E-state index contributed by atoms with van der Waals surface area (Å²) in [6.45, 7) is 2.64. The Hall–Kier alpha value is -0.410. The van der Waals surface area contributed by atoms with Crippen molar-refractivity contribution in [1.29, 1.82) is 0 Å². The highest BCUT2D eigenvalue weighted by Crippen LogP contribution is 2.01. The predicted octanol–water partition coefficient (Wildman–Crippen LogP) is 0.187. The minimum Gasteiger partial charge on any atom is -0.377 e. The van der Waals surface area contributed by atoms with E-state index >= 15 is 0 Å². The second-order valence-corrected chi connectivity index (χ2v) is 2.38. The Bertz CT molecular complexity index is 104. The van der Waals surface area contributed by atoms with E-state index in [-0.39, 0.29) is 18.3 Å². The summed E-state index contributed by atoms with van der Waals surface area (Å²) in [7, 11) is 1.52. The van der Waals surface area contributed by atoms with E-state index in [4.69, 9.17) is 5.73 Å². The number of carbonyl (C=O) groups excluding carboxylic acids is 1. The Morgan fingerprint density at radius 3 is 2.70 bits per heavy atom. The highest BCUT2D eigenvalue weighted by molar-refractivity contribution is 5.81. The maximum atomic E-state index is 11.0. The van der Waals surface area contributed by atoms with Crippen LogP contribution in [0.1, 0.15) is 13.3 Å². The number of Topliss-reactive ketones (excluding diaryl/α,β-unsaturated/α-hetero) is 1. The Morgan fingerprint density at radius 2 is 2.30 bits per heavy atom. The van der Waals surface area contributed by atoms with Crippen LogP contribution >= 0.6 is 0 Å². The molecule has 0 rings (SSSR count). The zero-order chi connectivity index (χ0) is 7.98. The van der Waals surface area contributed by atoms with Crippen molar-refractivity contribution >= 4 is 5.78 Å². The van der Waals surface area contributed by atoms with Gasteiger partial charge in [-0.25, -0.2) is 0 Å². The van der Waals surface area contributed by atoms with Gasteiger partial charge in [-0.3, -0.25) is 4.79 Å². The van der Waals surface area contributed by atoms with E-state index in [1.54, 1.807) is 0 Å². The van der Waals surface area contributed by atoms with Crippen LogP contribution < -0.4 is 5.73 Å². The molecule has 2 N–H and O–H groups in total. The van der Waals surface area contributed by atoms with E-state index in [1.165, 1.54) is 7.11 Å². The Labute approximate surface area is 61.5 Å². The molecule has 0 aromatic rings. The normalized spacial score (nSPS) is 13.1. The van der Waals surface area contributed by atoms with E-state index < -0.39 is 0 Å². The SMILES string of the molecule is COCC(=O)C(C)CCN. The van der Waals surface area contributed by atoms with Gasteiger partial charge in [0.25, 0.3) is 0 Å². The molecule has 0 saturated heterocycles. The van der Waals surface area contributed by atoms with Gasteiger partial charge in [0.1, 0.15) is 6.61 Å². The number of ketones is 1. The molecule has 0 heterocycles. The first-order valence-electron chi connectivity index (χ1n) is 3.44.